The van der Waals surface area contributed by atoms with Crippen LogP contribution < -0.4 is 10.2 Å². The first kappa shape index (κ1) is 21.5. The van der Waals surface area contributed by atoms with Gasteiger partial charge in [0.25, 0.3) is 5.91 Å². The summed E-state index contributed by atoms with van der Waals surface area (Å²) in [6.45, 7) is 1.17. The van der Waals surface area contributed by atoms with Crippen molar-refractivity contribution in [2.75, 3.05) is 23.3 Å². The number of rotatable bonds is 4. The van der Waals surface area contributed by atoms with Crippen LogP contribution in [0.25, 0.3) is 0 Å². The van der Waals surface area contributed by atoms with Crippen molar-refractivity contribution in [2.45, 2.75) is 25.1 Å². The van der Waals surface area contributed by atoms with Gasteiger partial charge in [0.05, 0.1) is 23.7 Å². The molecule has 1 aliphatic heterocycles. The van der Waals surface area contributed by atoms with Gasteiger partial charge in [-0.25, -0.2) is 8.78 Å². The first-order valence-electron chi connectivity index (χ1n) is 8.80. The molecule has 0 aliphatic carbocycles. The average molecular weight is 425 g/mol. The lowest BCUT2D eigenvalue weighted by Crippen LogP contribution is -2.49. The molecule has 158 valence electrons. The summed E-state index contributed by atoms with van der Waals surface area (Å²) in [6.07, 6.45) is -4.41. The Morgan fingerprint density at radius 3 is 2.53 bits per heavy atom. The van der Waals surface area contributed by atoms with E-state index in [1.165, 1.54) is 11.0 Å². The summed E-state index contributed by atoms with van der Waals surface area (Å²) in [7, 11) is 0. The molecule has 1 atom stereocenters. The summed E-state index contributed by atoms with van der Waals surface area (Å²) >= 11 is 0. The summed E-state index contributed by atoms with van der Waals surface area (Å²) in [5.74, 6) is -3.06. The molecular formula is C20H16F5N3O2. The highest BCUT2D eigenvalue weighted by Gasteiger charge is 2.37. The smallest absolute Gasteiger partial charge is 0.378 e. The molecule has 0 saturated carbocycles. The maximum atomic E-state index is 13.6. The van der Waals surface area contributed by atoms with Crippen LogP contribution in [0.4, 0.5) is 33.3 Å². The normalized spacial score (nSPS) is 15.3. The summed E-state index contributed by atoms with van der Waals surface area (Å²) in [5, 5.41) is 21.6. The van der Waals surface area contributed by atoms with Gasteiger partial charge in [0.15, 0.2) is 17.2 Å². The fraction of sp³-hybridized carbons (Fsp3) is 0.300. The summed E-state index contributed by atoms with van der Waals surface area (Å²) in [5.41, 5.74) is -3.27. The van der Waals surface area contributed by atoms with Gasteiger partial charge in [-0.15, -0.1) is 0 Å². The molecule has 2 aromatic rings. The summed E-state index contributed by atoms with van der Waals surface area (Å²) in [6, 6.07) is 6.10. The Balaban J connectivity index is 1.78. The van der Waals surface area contributed by atoms with Crippen molar-refractivity contribution in [1.82, 2.24) is 0 Å². The molecule has 2 aromatic carbocycles. The van der Waals surface area contributed by atoms with Crippen molar-refractivity contribution in [3.63, 3.8) is 0 Å². The van der Waals surface area contributed by atoms with E-state index in [0.29, 0.717) is 30.3 Å². The number of anilines is 2. The molecule has 10 heteroatoms. The van der Waals surface area contributed by atoms with Crippen LogP contribution in [0.15, 0.2) is 30.3 Å². The summed E-state index contributed by atoms with van der Waals surface area (Å²) < 4.78 is 66.2. The van der Waals surface area contributed by atoms with Gasteiger partial charge in [0, 0.05) is 24.0 Å². The molecule has 5 nitrogen and oxygen atoms in total. The van der Waals surface area contributed by atoms with Crippen molar-refractivity contribution in [2.24, 2.45) is 0 Å². The Hall–Kier alpha value is -3.19. The minimum absolute atomic E-state index is 0.249. The van der Waals surface area contributed by atoms with Crippen LogP contribution >= 0.6 is 0 Å². The topological polar surface area (TPSA) is 76.4 Å². The third-order valence-electron chi connectivity index (χ3n) is 4.80. The van der Waals surface area contributed by atoms with E-state index in [0.717, 1.165) is 31.2 Å². The van der Waals surface area contributed by atoms with E-state index in [1.54, 1.807) is 0 Å². The molecule has 0 unspecified atom stereocenters. The highest BCUT2D eigenvalue weighted by Crippen LogP contribution is 2.34. The molecule has 1 aliphatic rings. The second-order valence-electron chi connectivity index (χ2n) is 7.16. The van der Waals surface area contributed by atoms with E-state index in [-0.39, 0.29) is 12.2 Å². The number of β-amino-alcohol motifs (C(OH)–C–C–N with tert-alkyl or cyclic N) is 1. The Morgan fingerprint density at radius 1 is 1.23 bits per heavy atom. The quantitative estimate of drug-likeness (QED) is 0.734. The number of aliphatic hydroxyl groups is 1. The number of nitrogens with one attached hydrogen (secondary N) is 1. The van der Waals surface area contributed by atoms with Gasteiger partial charge in [-0.1, -0.05) is 0 Å². The van der Waals surface area contributed by atoms with E-state index in [9.17, 15) is 31.9 Å². The predicted molar refractivity (Wildman–Crippen MR) is 97.7 cm³/mol. The van der Waals surface area contributed by atoms with Gasteiger partial charge < -0.3 is 15.3 Å². The number of carbonyl (C=O) groups is 1. The van der Waals surface area contributed by atoms with Crippen LogP contribution in [0.1, 0.15) is 23.6 Å². The third-order valence-corrected chi connectivity index (χ3v) is 4.80. The lowest BCUT2D eigenvalue weighted by atomic mass is 10.0. The van der Waals surface area contributed by atoms with Gasteiger partial charge in [0.2, 0.25) is 0 Å². The molecule has 0 bridgehead atoms. The molecule has 3 rings (SSSR count). The molecule has 30 heavy (non-hydrogen) atoms. The number of hydrogen-bond acceptors (Lipinski definition) is 4. The van der Waals surface area contributed by atoms with Gasteiger partial charge in [-0.2, -0.15) is 18.4 Å². The molecule has 0 fully saturated rings. The van der Waals surface area contributed by atoms with Crippen LogP contribution in [0, 0.1) is 23.0 Å². The van der Waals surface area contributed by atoms with E-state index < -0.39 is 40.4 Å². The van der Waals surface area contributed by atoms with Crippen molar-refractivity contribution in [3.8, 4) is 6.07 Å². The highest BCUT2D eigenvalue weighted by atomic mass is 19.4. The highest BCUT2D eigenvalue weighted by molar-refractivity contribution is 5.97. The predicted octanol–water partition coefficient (Wildman–Crippen LogP) is 3.61. The zero-order chi connectivity index (χ0) is 22.3. The monoisotopic (exact) mass is 425 g/mol. The zero-order valence-corrected chi connectivity index (χ0v) is 15.6. The number of alkyl halides is 3. The Labute approximate surface area is 168 Å². The van der Waals surface area contributed by atoms with Crippen molar-refractivity contribution >= 4 is 17.3 Å². The molecule has 2 N–H and O–H groups in total. The molecule has 0 saturated heterocycles. The Morgan fingerprint density at radius 2 is 1.90 bits per heavy atom. The van der Waals surface area contributed by atoms with Crippen molar-refractivity contribution in [3.05, 3.63) is 58.7 Å². The molecular weight excluding hydrogens is 409 g/mol. The van der Waals surface area contributed by atoms with Gasteiger partial charge in [-0.3, -0.25) is 4.79 Å². The number of benzene rings is 2. The van der Waals surface area contributed by atoms with Crippen molar-refractivity contribution in [1.29, 1.82) is 5.26 Å². The minimum Gasteiger partial charge on any atom is -0.378 e. The number of amides is 1. The molecule has 1 heterocycles. The van der Waals surface area contributed by atoms with Gasteiger partial charge >= 0.3 is 6.18 Å². The molecule has 0 spiro atoms. The zero-order valence-electron chi connectivity index (χ0n) is 15.6. The average Bonchev–Trinajstić information content (AvgIpc) is 3.02. The molecule has 0 radical (unpaired) electrons. The number of nitriles is 1. The lowest BCUT2D eigenvalue weighted by Gasteiger charge is -2.29. The first-order chi connectivity index (χ1) is 13.9. The first-order valence-corrected chi connectivity index (χ1v) is 8.80. The van der Waals surface area contributed by atoms with Crippen LogP contribution in [0.2, 0.25) is 0 Å². The van der Waals surface area contributed by atoms with Crippen molar-refractivity contribution < 1.29 is 31.9 Å². The lowest BCUT2D eigenvalue weighted by molar-refractivity contribution is -0.138. The Kier molecular flexibility index (Phi) is 5.43. The number of nitrogens with zero attached hydrogens (tertiary/aromatic N) is 2. The SMILES string of the molecule is C[C@](O)(CN1CCc2cc(F)c(F)cc21)C(=O)Nc1ccc(C#N)c(C(F)(F)F)c1. The van der Waals surface area contributed by atoms with E-state index in [4.69, 9.17) is 5.26 Å². The standard InChI is InChI=1S/C20H16F5N3O2/c1-19(30,10-28-5-4-11-6-15(21)16(22)8-17(11)28)18(29)27-13-3-2-12(9-26)14(7-13)20(23,24)25/h2-3,6-8,30H,4-5,10H2,1H3,(H,27,29)/t19-/m0/s1. The van der Waals surface area contributed by atoms with Gasteiger partial charge in [0.1, 0.15) is 0 Å². The summed E-state index contributed by atoms with van der Waals surface area (Å²) in [4.78, 5) is 14.0. The van der Waals surface area contributed by atoms with Crippen LogP contribution in [-0.4, -0.2) is 29.7 Å². The molecule has 0 aromatic heterocycles. The van der Waals surface area contributed by atoms with E-state index in [1.807, 2.05) is 0 Å². The minimum atomic E-state index is -4.80. The number of carbonyl (C=O) groups excluding carboxylic acids is 1. The fourth-order valence-corrected chi connectivity index (χ4v) is 3.28. The maximum Gasteiger partial charge on any atom is 0.417 e. The number of halogens is 5. The van der Waals surface area contributed by atoms with Crippen LogP contribution in [-0.2, 0) is 17.4 Å². The van der Waals surface area contributed by atoms with Crippen LogP contribution in [0.3, 0.4) is 0 Å². The second-order valence-corrected chi connectivity index (χ2v) is 7.16. The van der Waals surface area contributed by atoms with Gasteiger partial charge in [-0.05, 0) is 43.2 Å². The Bertz CT molecular complexity index is 1040. The van der Waals surface area contributed by atoms with Crippen LogP contribution in [0.5, 0.6) is 0 Å². The van der Waals surface area contributed by atoms with E-state index >= 15 is 0 Å². The second kappa shape index (κ2) is 7.57. The number of hydrogen-bond donors (Lipinski definition) is 2. The fourth-order valence-electron chi connectivity index (χ4n) is 3.28. The molecule has 1 amide bonds. The third kappa shape index (κ3) is 4.21. The number of fused-ring (bicyclic) bond motifs is 1. The largest absolute Gasteiger partial charge is 0.417 e. The van der Waals surface area contributed by atoms with E-state index in [2.05, 4.69) is 5.32 Å². The maximum absolute atomic E-state index is 13.6.